The molecule has 1 aliphatic rings. The van der Waals surface area contributed by atoms with Gasteiger partial charge in [-0.3, -0.25) is 6.08 Å². The SMILES string of the molecule is Cc1cc2c(-n3cccc3)cccc2[cH-]1.[C-]1=CC=CC1.[Cl][Zr+2][Cl]. The number of hydrogen-bond donors (Lipinski definition) is 0. The van der Waals surface area contributed by atoms with Gasteiger partial charge in [0.25, 0.3) is 0 Å². The zero-order valence-corrected chi connectivity index (χ0v) is 16.8. The summed E-state index contributed by atoms with van der Waals surface area (Å²) in [6, 6.07) is 15.0. The quantitative estimate of drug-likeness (QED) is 0.404. The van der Waals surface area contributed by atoms with Crippen molar-refractivity contribution < 1.29 is 20.8 Å². The minimum atomic E-state index is -0.826. The Bertz CT molecular complexity index is 760. The van der Waals surface area contributed by atoms with Gasteiger partial charge in [-0.05, 0) is 12.1 Å². The summed E-state index contributed by atoms with van der Waals surface area (Å²) in [5, 5.41) is 2.64. The van der Waals surface area contributed by atoms with Gasteiger partial charge in [0.05, 0.1) is 0 Å². The van der Waals surface area contributed by atoms with Crippen molar-refractivity contribution in [1.29, 1.82) is 0 Å². The van der Waals surface area contributed by atoms with E-state index in [0.29, 0.717) is 0 Å². The Morgan fingerprint density at radius 1 is 1.17 bits per heavy atom. The number of hydrogen-bond acceptors (Lipinski definition) is 0. The van der Waals surface area contributed by atoms with Crippen LogP contribution < -0.4 is 0 Å². The van der Waals surface area contributed by atoms with Crippen molar-refractivity contribution in [3.05, 3.63) is 84.7 Å². The molecule has 1 nitrogen and oxygen atoms in total. The van der Waals surface area contributed by atoms with Crippen LogP contribution in [0, 0.1) is 13.0 Å². The van der Waals surface area contributed by atoms with Crippen molar-refractivity contribution in [1.82, 2.24) is 4.57 Å². The van der Waals surface area contributed by atoms with Gasteiger partial charge >= 0.3 is 37.9 Å². The molecule has 0 unspecified atom stereocenters. The molecule has 1 heterocycles. The molecule has 0 atom stereocenters. The molecule has 0 spiro atoms. The van der Waals surface area contributed by atoms with E-state index in [0.717, 1.165) is 6.42 Å². The number of nitrogens with zero attached hydrogens (tertiary/aromatic N) is 1. The van der Waals surface area contributed by atoms with Crippen LogP contribution in [-0.4, -0.2) is 4.57 Å². The molecule has 4 heteroatoms. The van der Waals surface area contributed by atoms with Gasteiger partial charge < -0.3 is 4.57 Å². The topological polar surface area (TPSA) is 4.93 Å². The van der Waals surface area contributed by atoms with Gasteiger partial charge in [0.1, 0.15) is 0 Å². The first-order chi connectivity index (χ1) is 11.3. The van der Waals surface area contributed by atoms with Crippen LogP contribution in [0.1, 0.15) is 12.0 Å². The van der Waals surface area contributed by atoms with Gasteiger partial charge in [0.15, 0.2) is 0 Å². The Hall–Kier alpha value is -0.947. The van der Waals surface area contributed by atoms with E-state index in [1.165, 1.54) is 22.0 Å². The molecule has 1 aromatic heterocycles. The van der Waals surface area contributed by atoms with Crippen molar-refractivity contribution in [2.45, 2.75) is 13.3 Å². The van der Waals surface area contributed by atoms with Crippen molar-refractivity contribution in [3.8, 4) is 5.69 Å². The zero-order chi connectivity index (χ0) is 16.5. The Balaban J connectivity index is 0.000000200. The average Bonchev–Trinajstić information content (AvgIpc) is 3.30. The van der Waals surface area contributed by atoms with Crippen LogP contribution in [0.15, 0.2) is 73.1 Å². The minimum absolute atomic E-state index is 0.826. The summed E-state index contributed by atoms with van der Waals surface area (Å²) in [6.45, 7) is 2.14. The normalized spacial score (nSPS) is 11.4. The van der Waals surface area contributed by atoms with Crippen molar-refractivity contribution >= 4 is 27.8 Å². The Labute approximate surface area is 156 Å². The first-order valence-electron chi connectivity index (χ1n) is 7.23. The molecule has 4 rings (SSSR count). The molecule has 0 bridgehead atoms. The number of allylic oxidation sites excluding steroid dienone is 4. The summed E-state index contributed by atoms with van der Waals surface area (Å²) >= 11 is -0.826. The summed E-state index contributed by atoms with van der Waals surface area (Å²) in [4.78, 5) is 0. The first kappa shape index (κ1) is 18.4. The summed E-state index contributed by atoms with van der Waals surface area (Å²) < 4.78 is 2.15. The fraction of sp³-hybridized carbons (Fsp3) is 0.105. The molecule has 0 fully saturated rings. The summed E-state index contributed by atoms with van der Waals surface area (Å²) in [5.74, 6) is 0. The zero-order valence-electron chi connectivity index (χ0n) is 12.8. The van der Waals surface area contributed by atoms with Crippen LogP contribution in [0.4, 0.5) is 0 Å². The third-order valence-corrected chi connectivity index (χ3v) is 3.34. The van der Waals surface area contributed by atoms with E-state index in [9.17, 15) is 0 Å². The van der Waals surface area contributed by atoms with Crippen LogP contribution in [-0.2, 0) is 20.8 Å². The molecule has 0 saturated carbocycles. The second-order valence-electron chi connectivity index (χ2n) is 4.98. The Morgan fingerprint density at radius 3 is 2.48 bits per heavy atom. The van der Waals surface area contributed by atoms with E-state index < -0.39 is 20.8 Å². The molecule has 0 N–H and O–H groups in total. The molecule has 0 saturated heterocycles. The van der Waals surface area contributed by atoms with E-state index in [2.05, 4.69) is 78.5 Å². The average molecular weight is 421 g/mol. The molecule has 3 aromatic rings. The third kappa shape index (κ3) is 5.57. The van der Waals surface area contributed by atoms with Gasteiger partial charge in [0, 0.05) is 18.1 Å². The molecule has 23 heavy (non-hydrogen) atoms. The number of aromatic nitrogens is 1. The summed E-state index contributed by atoms with van der Waals surface area (Å²) in [6.07, 6.45) is 14.2. The number of halogens is 2. The number of rotatable bonds is 1. The maximum absolute atomic E-state index is 4.93. The fourth-order valence-electron chi connectivity index (χ4n) is 2.43. The molecule has 116 valence electrons. The van der Waals surface area contributed by atoms with E-state index in [-0.39, 0.29) is 0 Å². The predicted molar refractivity (Wildman–Crippen MR) is 96.9 cm³/mol. The van der Waals surface area contributed by atoms with Gasteiger partial charge in [-0.15, -0.1) is 41.0 Å². The van der Waals surface area contributed by atoms with Crippen molar-refractivity contribution in [3.63, 3.8) is 0 Å². The van der Waals surface area contributed by atoms with Crippen molar-refractivity contribution in [2.24, 2.45) is 0 Å². The summed E-state index contributed by atoms with van der Waals surface area (Å²) in [7, 11) is 9.87. The third-order valence-electron chi connectivity index (χ3n) is 3.34. The molecule has 2 aromatic carbocycles. The number of benzene rings is 1. The van der Waals surface area contributed by atoms with Gasteiger partial charge in [0.2, 0.25) is 0 Å². The van der Waals surface area contributed by atoms with Gasteiger partial charge in [-0.25, -0.2) is 12.2 Å². The second-order valence-corrected chi connectivity index (χ2v) is 8.71. The molecule has 0 amide bonds. The molecular formula is C19H17Cl2NZr. The fourth-order valence-corrected chi connectivity index (χ4v) is 2.43. The first-order valence-corrected chi connectivity index (χ1v) is 13.6. The van der Waals surface area contributed by atoms with Gasteiger partial charge in [-0.1, -0.05) is 13.0 Å². The van der Waals surface area contributed by atoms with E-state index in [1.54, 1.807) is 0 Å². The van der Waals surface area contributed by atoms with Gasteiger partial charge in [-0.2, -0.15) is 12.1 Å². The summed E-state index contributed by atoms with van der Waals surface area (Å²) in [5.41, 5.74) is 2.58. The van der Waals surface area contributed by atoms with Crippen LogP contribution in [0.5, 0.6) is 0 Å². The molecule has 0 radical (unpaired) electrons. The predicted octanol–water partition coefficient (Wildman–Crippen LogP) is 6.34. The Morgan fingerprint density at radius 2 is 1.91 bits per heavy atom. The van der Waals surface area contributed by atoms with Crippen LogP contribution in [0.25, 0.3) is 16.5 Å². The molecule has 0 aliphatic heterocycles. The van der Waals surface area contributed by atoms with Crippen LogP contribution >= 0.6 is 17.0 Å². The van der Waals surface area contributed by atoms with Crippen LogP contribution in [0.3, 0.4) is 0 Å². The number of aryl methyl sites for hydroxylation is 1. The Kier molecular flexibility index (Phi) is 8.02. The van der Waals surface area contributed by atoms with Crippen molar-refractivity contribution in [2.75, 3.05) is 0 Å². The standard InChI is InChI=1S/C14H12N.C5H5.2ClH.Zr/c1-11-9-12-5-4-6-14(13(12)10-11)15-7-2-3-8-15;1-2-4-5-3-1;;;/h2-10H,1H3;1-3H,4H2;2*1H;/q2*-1;;;+4/p-2. The molecule has 1 aliphatic carbocycles. The second kappa shape index (κ2) is 10.0. The van der Waals surface area contributed by atoms with E-state index in [4.69, 9.17) is 17.0 Å². The maximum atomic E-state index is 4.93. The van der Waals surface area contributed by atoms with Crippen LogP contribution in [0.2, 0.25) is 0 Å². The monoisotopic (exact) mass is 419 g/mol. The molecular weight excluding hydrogens is 404 g/mol. The van der Waals surface area contributed by atoms with E-state index in [1.807, 2.05) is 12.2 Å². The number of fused-ring (bicyclic) bond motifs is 1. The van der Waals surface area contributed by atoms with E-state index >= 15 is 0 Å².